The fraction of sp³-hybridized carbons (Fsp3) is 0.368. The minimum Gasteiger partial charge on any atom is -0.497 e. The zero-order valence-corrected chi connectivity index (χ0v) is 14.4. The quantitative estimate of drug-likeness (QED) is 0.797. The average molecular weight is 328 g/mol. The van der Waals surface area contributed by atoms with Gasteiger partial charge >= 0.3 is 0 Å². The van der Waals surface area contributed by atoms with Crippen LogP contribution in [-0.2, 0) is 11.3 Å². The summed E-state index contributed by atoms with van der Waals surface area (Å²) in [5, 5.41) is 2.90. The second kappa shape index (κ2) is 8.91. The van der Waals surface area contributed by atoms with Crippen LogP contribution in [0.25, 0.3) is 0 Å². The minimum atomic E-state index is 0.0698. The van der Waals surface area contributed by atoms with Gasteiger partial charge in [-0.3, -0.25) is 4.79 Å². The van der Waals surface area contributed by atoms with Crippen LogP contribution in [0.4, 0.5) is 0 Å². The van der Waals surface area contributed by atoms with Gasteiger partial charge in [-0.25, -0.2) is 4.98 Å². The first-order valence-electron chi connectivity index (χ1n) is 8.10. The van der Waals surface area contributed by atoms with E-state index >= 15 is 0 Å². The van der Waals surface area contributed by atoms with E-state index in [1.54, 1.807) is 25.4 Å². The first-order chi connectivity index (χ1) is 11.6. The first-order valence-corrected chi connectivity index (χ1v) is 8.10. The standard InChI is InChI=1S/C19H24N2O3/c1-14(2)7-9-18(22)20-12-15-8-10-19(21-13-15)24-17-6-4-5-16(11-17)23-3/h4-6,8,10-11,13-14H,7,9,12H2,1-3H3,(H,20,22). The minimum absolute atomic E-state index is 0.0698. The van der Waals surface area contributed by atoms with Crippen molar-refractivity contribution in [2.24, 2.45) is 5.92 Å². The highest BCUT2D eigenvalue weighted by molar-refractivity contribution is 5.75. The maximum Gasteiger partial charge on any atom is 0.220 e. The van der Waals surface area contributed by atoms with E-state index in [-0.39, 0.29) is 5.91 Å². The van der Waals surface area contributed by atoms with Crippen molar-refractivity contribution >= 4 is 5.91 Å². The van der Waals surface area contributed by atoms with Crippen molar-refractivity contribution in [3.63, 3.8) is 0 Å². The molecule has 0 unspecified atom stereocenters. The monoisotopic (exact) mass is 328 g/mol. The van der Waals surface area contributed by atoms with E-state index in [9.17, 15) is 4.79 Å². The van der Waals surface area contributed by atoms with Crippen LogP contribution in [0.1, 0.15) is 32.3 Å². The van der Waals surface area contributed by atoms with Gasteiger partial charge in [0.05, 0.1) is 7.11 Å². The number of methoxy groups -OCH3 is 1. The molecule has 0 fully saturated rings. The normalized spacial score (nSPS) is 10.5. The van der Waals surface area contributed by atoms with Gasteiger partial charge in [0.25, 0.3) is 0 Å². The van der Waals surface area contributed by atoms with Crippen LogP contribution in [0.5, 0.6) is 17.4 Å². The molecule has 1 aromatic carbocycles. The van der Waals surface area contributed by atoms with Crippen LogP contribution >= 0.6 is 0 Å². The number of nitrogens with one attached hydrogen (secondary N) is 1. The summed E-state index contributed by atoms with van der Waals surface area (Å²) in [7, 11) is 1.61. The summed E-state index contributed by atoms with van der Waals surface area (Å²) in [6.07, 6.45) is 3.16. The van der Waals surface area contributed by atoms with Gasteiger partial charge in [0.15, 0.2) is 0 Å². The molecule has 1 amide bonds. The molecular weight excluding hydrogens is 304 g/mol. The summed E-state index contributed by atoms with van der Waals surface area (Å²) in [5.74, 6) is 2.49. The Kier molecular flexibility index (Phi) is 6.61. The summed E-state index contributed by atoms with van der Waals surface area (Å²) < 4.78 is 10.8. The molecule has 5 nitrogen and oxygen atoms in total. The molecule has 0 spiro atoms. The largest absolute Gasteiger partial charge is 0.497 e. The highest BCUT2D eigenvalue weighted by atomic mass is 16.5. The summed E-state index contributed by atoms with van der Waals surface area (Å²) >= 11 is 0. The van der Waals surface area contributed by atoms with Crippen molar-refractivity contribution in [3.8, 4) is 17.4 Å². The van der Waals surface area contributed by atoms with Crippen LogP contribution in [-0.4, -0.2) is 18.0 Å². The number of amides is 1. The molecule has 0 saturated heterocycles. The number of hydrogen-bond acceptors (Lipinski definition) is 4. The Balaban J connectivity index is 1.85. The molecule has 0 atom stereocenters. The smallest absolute Gasteiger partial charge is 0.220 e. The molecule has 1 heterocycles. The Bertz CT molecular complexity index is 654. The number of hydrogen-bond donors (Lipinski definition) is 1. The Labute approximate surface area is 143 Å². The molecular formula is C19H24N2O3. The second-order valence-corrected chi connectivity index (χ2v) is 5.99. The van der Waals surface area contributed by atoms with Crippen LogP contribution in [0, 0.1) is 5.92 Å². The molecule has 0 radical (unpaired) electrons. The van der Waals surface area contributed by atoms with Crippen molar-refractivity contribution < 1.29 is 14.3 Å². The Morgan fingerprint density at radius 3 is 2.67 bits per heavy atom. The maximum absolute atomic E-state index is 11.7. The Morgan fingerprint density at radius 1 is 1.21 bits per heavy atom. The van der Waals surface area contributed by atoms with Gasteiger partial charge in [0.1, 0.15) is 11.5 Å². The third kappa shape index (κ3) is 5.91. The van der Waals surface area contributed by atoms with E-state index in [4.69, 9.17) is 9.47 Å². The van der Waals surface area contributed by atoms with Gasteiger partial charge in [0.2, 0.25) is 11.8 Å². The van der Waals surface area contributed by atoms with E-state index in [0.29, 0.717) is 30.5 Å². The number of pyridine rings is 1. The zero-order chi connectivity index (χ0) is 17.4. The van der Waals surface area contributed by atoms with Crippen molar-refractivity contribution in [1.82, 2.24) is 10.3 Å². The van der Waals surface area contributed by atoms with Gasteiger partial charge < -0.3 is 14.8 Å². The number of carbonyl (C=O) groups excluding carboxylic acids is 1. The molecule has 5 heteroatoms. The lowest BCUT2D eigenvalue weighted by atomic mass is 10.1. The fourth-order valence-corrected chi connectivity index (χ4v) is 2.07. The lowest BCUT2D eigenvalue weighted by molar-refractivity contribution is -0.121. The summed E-state index contributed by atoms with van der Waals surface area (Å²) in [5.41, 5.74) is 0.936. The summed E-state index contributed by atoms with van der Waals surface area (Å²) in [6, 6.07) is 11.0. The summed E-state index contributed by atoms with van der Waals surface area (Å²) in [6.45, 7) is 4.69. The molecule has 24 heavy (non-hydrogen) atoms. The van der Waals surface area contributed by atoms with Crippen molar-refractivity contribution in [1.29, 1.82) is 0 Å². The Morgan fingerprint density at radius 2 is 2.00 bits per heavy atom. The van der Waals surface area contributed by atoms with E-state index in [1.807, 2.05) is 24.3 Å². The number of carbonyl (C=O) groups is 1. The average Bonchev–Trinajstić information content (AvgIpc) is 2.59. The number of ether oxygens (including phenoxy) is 2. The van der Waals surface area contributed by atoms with Gasteiger partial charge in [-0.15, -0.1) is 0 Å². The van der Waals surface area contributed by atoms with E-state index in [1.165, 1.54) is 0 Å². The molecule has 1 aromatic heterocycles. The van der Waals surface area contributed by atoms with E-state index in [2.05, 4.69) is 24.1 Å². The zero-order valence-electron chi connectivity index (χ0n) is 14.4. The van der Waals surface area contributed by atoms with Crippen molar-refractivity contribution in [2.45, 2.75) is 33.2 Å². The molecule has 0 bridgehead atoms. The van der Waals surface area contributed by atoms with Crippen LogP contribution in [0.2, 0.25) is 0 Å². The van der Waals surface area contributed by atoms with Gasteiger partial charge in [-0.2, -0.15) is 0 Å². The molecule has 0 aliphatic carbocycles. The predicted octanol–water partition coefficient (Wildman–Crippen LogP) is 3.93. The third-order valence-electron chi connectivity index (χ3n) is 3.50. The lowest BCUT2D eigenvalue weighted by Gasteiger charge is -2.08. The molecule has 0 saturated carbocycles. The lowest BCUT2D eigenvalue weighted by Crippen LogP contribution is -2.22. The number of nitrogens with zero attached hydrogens (tertiary/aromatic N) is 1. The highest BCUT2D eigenvalue weighted by Gasteiger charge is 2.05. The first kappa shape index (κ1) is 17.8. The van der Waals surface area contributed by atoms with Gasteiger partial charge in [0, 0.05) is 31.3 Å². The van der Waals surface area contributed by atoms with Crippen molar-refractivity contribution in [3.05, 3.63) is 48.2 Å². The maximum atomic E-state index is 11.7. The van der Waals surface area contributed by atoms with Gasteiger partial charge in [-0.05, 0) is 30.0 Å². The molecule has 2 aromatic rings. The molecule has 0 aliphatic rings. The Hall–Kier alpha value is -2.56. The van der Waals surface area contributed by atoms with Crippen LogP contribution in [0.15, 0.2) is 42.6 Å². The van der Waals surface area contributed by atoms with E-state index < -0.39 is 0 Å². The highest BCUT2D eigenvalue weighted by Crippen LogP contribution is 2.23. The second-order valence-electron chi connectivity index (χ2n) is 5.99. The van der Waals surface area contributed by atoms with Crippen LogP contribution in [0.3, 0.4) is 0 Å². The SMILES string of the molecule is COc1cccc(Oc2ccc(CNC(=O)CCC(C)C)cn2)c1. The van der Waals surface area contributed by atoms with Crippen LogP contribution < -0.4 is 14.8 Å². The molecule has 128 valence electrons. The topological polar surface area (TPSA) is 60.5 Å². The molecule has 1 N–H and O–H groups in total. The number of rotatable bonds is 8. The van der Waals surface area contributed by atoms with Crippen molar-refractivity contribution in [2.75, 3.05) is 7.11 Å². The number of benzene rings is 1. The summed E-state index contributed by atoms with van der Waals surface area (Å²) in [4.78, 5) is 16.0. The number of aromatic nitrogens is 1. The molecule has 0 aliphatic heterocycles. The van der Waals surface area contributed by atoms with E-state index in [0.717, 1.165) is 17.7 Å². The fourth-order valence-electron chi connectivity index (χ4n) is 2.07. The predicted molar refractivity (Wildman–Crippen MR) is 93.2 cm³/mol. The van der Waals surface area contributed by atoms with Gasteiger partial charge in [-0.1, -0.05) is 26.0 Å². The molecule has 2 rings (SSSR count). The third-order valence-corrected chi connectivity index (χ3v) is 3.50.